The summed E-state index contributed by atoms with van der Waals surface area (Å²) in [6, 6.07) is 10.4. The molecule has 0 fully saturated rings. The van der Waals surface area contributed by atoms with Crippen LogP contribution in [0.4, 0.5) is 0 Å². The molecule has 1 rings (SSSR count). The molecule has 110 valence electrons. The van der Waals surface area contributed by atoms with Crippen molar-refractivity contribution in [1.82, 2.24) is 4.90 Å². The third-order valence-electron chi connectivity index (χ3n) is 2.17. The van der Waals surface area contributed by atoms with Gasteiger partial charge in [-0.15, -0.1) is 0 Å². The third-order valence-corrected chi connectivity index (χ3v) is 2.17. The Morgan fingerprint density at radius 2 is 1.65 bits per heavy atom. The van der Waals surface area contributed by atoms with E-state index in [1.165, 1.54) is 5.56 Å². The second-order valence-electron chi connectivity index (χ2n) is 4.02. The van der Waals surface area contributed by atoms with Gasteiger partial charge in [0.1, 0.15) is 0 Å². The first-order valence-electron chi connectivity index (χ1n) is 6.02. The zero-order chi connectivity index (χ0) is 15.4. The van der Waals surface area contributed by atoms with Gasteiger partial charge in [-0.3, -0.25) is 0 Å². The van der Waals surface area contributed by atoms with Crippen LogP contribution in [0.5, 0.6) is 0 Å². The smallest absolute Gasteiger partial charge is 0.328 e. The van der Waals surface area contributed by atoms with Crippen molar-refractivity contribution in [1.29, 1.82) is 0 Å². The number of rotatable bonds is 6. The van der Waals surface area contributed by atoms with Crippen molar-refractivity contribution in [2.75, 3.05) is 20.1 Å². The highest BCUT2D eigenvalue weighted by molar-refractivity contribution is 5.89. The highest BCUT2D eigenvalue weighted by Crippen LogP contribution is 2.01. The lowest BCUT2D eigenvalue weighted by Crippen LogP contribution is -2.24. The topological polar surface area (TPSA) is 104 Å². The van der Waals surface area contributed by atoms with Gasteiger partial charge >= 0.3 is 11.9 Å². The lowest BCUT2D eigenvalue weighted by Gasteiger charge is -2.14. The Labute approximate surface area is 118 Å². The van der Waals surface area contributed by atoms with Crippen molar-refractivity contribution in [3.63, 3.8) is 0 Å². The molecular formula is C14H20N2O4. The van der Waals surface area contributed by atoms with Crippen LogP contribution in [-0.2, 0) is 16.1 Å². The molecule has 0 bridgehead atoms. The fraction of sp³-hybridized carbons (Fsp3) is 0.286. The van der Waals surface area contributed by atoms with Crippen LogP contribution in [0.1, 0.15) is 5.56 Å². The summed E-state index contributed by atoms with van der Waals surface area (Å²) < 4.78 is 0. The van der Waals surface area contributed by atoms with Crippen molar-refractivity contribution in [3.05, 3.63) is 48.0 Å². The van der Waals surface area contributed by atoms with E-state index in [1.54, 1.807) is 0 Å². The number of nitrogens with two attached hydrogens (primary N) is 1. The van der Waals surface area contributed by atoms with E-state index in [0.29, 0.717) is 12.2 Å². The molecule has 0 aliphatic heterocycles. The van der Waals surface area contributed by atoms with Crippen LogP contribution in [0.3, 0.4) is 0 Å². The van der Waals surface area contributed by atoms with Crippen LogP contribution in [0, 0.1) is 0 Å². The van der Waals surface area contributed by atoms with Crippen molar-refractivity contribution in [2.24, 2.45) is 5.73 Å². The first kappa shape index (κ1) is 17.8. The molecule has 0 aromatic heterocycles. The fourth-order valence-electron chi connectivity index (χ4n) is 1.34. The Morgan fingerprint density at radius 1 is 1.15 bits per heavy atom. The number of nitrogens with zero attached hydrogens (tertiary/aromatic N) is 1. The summed E-state index contributed by atoms with van der Waals surface area (Å²) in [5.41, 5.74) is 6.78. The quantitative estimate of drug-likeness (QED) is 0.665. The molecule has 0 saturated carbocycles. The SMILES string of the molecule is CN(CCN)Cc1ccccc1.O=C(O)/C=C\C(=O)O. The van der Waals surface area contributed by atoms with E-state index in [-0.39, 0.29) is 0 Å². The van der Waals surface area contributed by atoms with Crippen molar-refractivity contribution >= 4 is 11.9 Å². The van der Waals surface area contributed by atoms with Crippen LogP contribution in [-0.4, -0.2) is 47.2 Å². The maximum Gasteiger partial charge on any atom is 0.328 e. The molecule has 1 aromatic rings. The van der Waals surface area contributed by atoms with E-state index in [4.69, 9.17) is 15.9 Å². The second-order valence-corrected chi connectivity index (χ2v) is 4.02. The molecule has 0 unspecified atom stereocenters. The van der Waals surface area contributed by atoms with Gasteiger partial charge in [0, 0.05) is 31.8 Å². The van der Waals surface area contributed by atoms with E-state index in [9.17, 15) is 9.59 Å². The fourth-order valence-corrected chi connectivity index (χ4v) is 1.34. The average Bonchev–Trinajstić information content (AvgIpc) is 2.38. The van der Waals surface area contributed by atoms with Gasteiger partial charge in [-0.05, 0) is 12.6 Å². The van der Waals surface area contributed by atoms with Gasteiger partial charge in [0.25, 0.3) is 0 Å². The maximum absolute atomic E-state index is 9.55. The minimum absolute atomic E-state index is 0.558. The zero-order valence-electron chi connectivity index (χ0n) is 11.4. The van der Waals surface area contributed by atoms with Gasteiger partial charge in [-0.25, -0.2) is 9.59 Å². The summed E-state index contributed by atoms with van der Waals surface area (Å²) in [6.45, 7) is 2.66. The summed E-state index contributed by atoms with van der Waals surface area (Å²) in [5, 5.41) is 15.6. The van der Waals surface area contributed by atoms with Gasteiger partial charge in [-0.2, -0.15) is 0 Å². The van der Waals surface area contributed by atoms with E-state index in [0.717, 1.165) is 19.6 Å². The predicted molar refractivity (Wildman–Crippen MR) is 76.2 cm³/mol. The Kier molecular flexibility index (Phi) is 9.55. The van der Waals surface area contributed by atoms with E-state index in [2.05, 4.69) is 36.2 Å². The molecule has 20 heavy (non-hydrogen) atoms. The van der Waals surface area contributed by atoms with Crippen LogP contribution >= 0.6 is 0 Å². The molecule has 1 aromatic carbocycles. The molecule has 6 heteroatoms. The maximum atomic E-state index is 9.55. The first-order valence-corrected chi connectivity index (χ1v) is 6.02. The molecule has 0 saturated heterocycles. The minimum Gasteiger partial charge on any atom is -0.478 e. The number of hydrogen-bond donors (Lipinski definition) is 3. The Balaban J connectivity index is 0.000000396. The van der Waals surface area contributed by atoms with Crippen molar-refractivity contribution in [2.45, 2.75) is 6.54 Å². The van der Waals surface area contributed by atoms with Crippen LogP contribution < -0.4 is 5.73 Å². The molecule has 6 nitrogen and oxygen atoms in total. The molecule has 0 amide bonds. The monoisotopic (exact) mass is 280 g/mol. The number of benzene rings is 1. The van der Waals surface area contributed by atoms with Gasteiger partial charge in [0.15, 0.2) is 0 Å². The normalized spacial score (nSPS) is 10.2. The lowest BCUT2D eigenvalue weighted by atomic mass is 10.2. The zero-order valence-corrected chi connectivity index (χ0v) is 11.4. The highest BCUT2D eigenvalue weighted by atomic mass is 16.4. The van der Waals surface area contributed by atoms with E-state index in [1.807, 2.05) is 6.07 Å². The Hall–Kier alpha value is -2.18. The predicted octanol–water partition coefficient (Wildman–Crippen LogP) is 0.789. The summed E-state index contributed by atoms with van der Waals surface area (Å²) in [7, 11) is 2.08. The summed E-state index contributed by atoms with van der Waals surface area (Å²) in [4.78, 5) is 21.3. The van der Waals surface area contributed by atoms with Crippen molar-refractivity contribution in [3.8, 4) is 0 Å². The minimum atomic E-state index is -1.26. The van der Waals surface area contributed by atoms with Crippen LogP contribution in [0.15, 0.2) is 42.5 Å². The number of hydrogen-bond acceptors (Lipinski definition) is 4. The first-order chi connectivity index (χ1) is 9.45. The second kappa shape index (κ2) is 10.7. The molecule has 0 spiro atoms. The third kappa shape index (κ3) is 10.9. The number of aliphatic carboxylic acids is 2. The summed E-state index contributed by atoms with van der Waals surface area (Å²) in [5.74, 6) is -2.51. The standard InChI is InChI=1S/C10H16N2.C4H4O4/c1-12(8-7-11)9-10-5-3-2-4-6-10;5-3(6)1-2-4(7)8/h2-6H,7-9,11H2,1H3;1-2H,(H,5,6)(H,7,8)/b;2-1-. The molecule has 0 aliphatic rings. The number of carbonyl (C=O) groups is 2. The molecule has 0 heterocycles. The largest absolute Gasteiger partial charge is 0.478 e. The average molecular weight is 280 g/mol. The molecule has 0 atom stereocenters. The Morgan fingerprint density at radius 3 is 2.05 bits per heavy atom. The Bertz CT molecular complexity index is 416. The lowest BCUT2D eigenvalue weighted by molar-refractivity contribution is -0.134. The molecule has 0 radical (unpaired) electrons. The number of carboxylic acid groups (broad SMARTS) is 2. The van der Waals surface area contributed by atoms with Crippen LogP contribution in [0.25, 0.3) is 0 Å². The number of carboxylic acids is 2. The van der Waals surface area contributed by atoms with Crippen molar-refractivity contribution < 1.29 is 19.8 Å². The van der Waals surface area contributed by atoms with Gasteiger partial charge in [0.05, 0.1) is 0 Å². The molecule has 0 aliphatic carbocycles. The van der Waals surface area contributed by atoms with E-state index < -0.39 is 11.9 Å². The molecular weight excluding hydrogens is 260 g/mol. The van der Waals surface area contributed by atoms with Gasteiger partial charge in [-0.1, -0.05) is 30.3 Å². The summed E-state index contributed by atoms with van der Waals surface area (Å²) >= 11 is 0. The summed E-state index contributed by atoms with van der Waals surface area (Å²) in [6.07, 6.45) is 1.12. The number of likely N-dealkylation sites (N-methyl/N-ethyl adjacent to an activating group) is 1. The van der Waals surface area contributed by atoms with Gasteiger partial charge in [0.2, 0.25) is 0 Å². The molecule has 4 N–H and O–H groups in total. The van der Waals surface area contributed by atoms with Crippen LogP contribution in [0.2, 0.25) is 0 Å². The highest BCUT2D eigenvalue weighted by Gasteiger charge is 1.96. The van der Waals surface area contributed by atoms with E-state index >= 15 is 0 Å². The van der Waals surface area contributed by atoms with Gasteiger partial charge < -0.3 is 20.8 Å².